The molecule has 0 unspecified atom stereocenters. The van der Waals surface area contributed by atoms with Crippen LogP contribution in [0.3, 0.4) is 0 Å². The number of hydrogen-bond donors (Lipinski definition) is 1. The Morgan fingerprint density at radius 1 is 1.05 bits per heavy atom. The Balaban J connectivity index is 2.19. The summed E-state index contributed by atoms with van der Waals surface area (Å²) in [5, 5.41) is 0. The number of rotatable bonds is 5. The van der Waals surface area contributed by atoms with Crippen LogP contribution < -0.4 is 9.46 Å². The maximum atomic E-state index is 13.6. The number of sulfonamides is 1. The Labute approximate surface area is 113 Å². The molecule has 106 valence electrons. The number of aromatic nitrogens is 2. The first-order chi connectivity index (χ1) is 9.41. The van der Waals surface area contributed by atoms with Crippen LogP contribution in [-0.4, -0.2) is 23.8 Å². The Morgan fingerprint density at radius 3 is 2.25 bits per heavy atom. The highest BCUT2D eigenvalue weighted by Crippen LogP contribution is 2.27. The van der Waals surface area contributed by atoms with E-state index in [0.29, 0.717) is 0 Å². The zero-order chi connectivity index (χ0) is 14.6. The molecule has 0 saturated heterocycles. The SMILES string of the molecule is O=S(=O)(Nc1ncccn1)C(F)(F)Oc1ccccc1. The molecule has 1 aromatic carbocycles. The monoisotopic (exact) mass is 301 g/mol. The van der Waals surface area contributed by atoms with Gasteiger partial charge in [-0.15, -0.1) is 8.78 Å². The van der Waals surface area contributed by atoms with E-state index in [1.165, 1.54) is 42.7 Å². The van der Waals surface area contributed by atoms with Crippen molar-refractivity contribution in [2.75, 3.05) is 4.72 Å². The van der Waals surface area contributed by atoms with Crippen molar-refractivity contribution in [3.8, 4) is 5.75 Å². The highest BCUT2D eigenvalue weighted by Gasteiger charge is 2.49. The van der Waals surface area contributed by atoms with Gasteiger partial charge < -0.3 is 4.74 Å². The Hall–Kier alpha value is -2.29. The second-order valence-corrected chi connectivity index (χ2v) is 5.24. The van der Waals surface area contributed by atoms with Gasteiger partial charge in [0, 0.05) is 12.4 Å². The van der Waals surface area contributed by atoms with E-state index in [9.17, 15) is 17.2 Å². The first-order valence-electron chi connectivity index (χ1n) is 5.32. The smallest absolute Gasteiger partial charge is 0.419 e. The molecule has 6 nitrogen and oxygen atoms in total. The lowest BCUT2D eigenvalue weighted by Gasteiger charge is -2.17. The molecular formula is C11H9F2N3O3S. The highest BCUT2D eigenvalue weighted by atomic mass is 32.2. The van der Waals surface area contributed by atoms with Crippen molar-refractivity contribution >= 4 is 16.0 Å². The molecule has 0 aliphatic heterocycles. The number of alkyl halides is 2. The van der Waals surface area contributed by atoms with Crippen molar-refractivity contribution in [1.82, 2.24) is 9.97 Å². The molecule has 2 aromatic rings. The van der Waals surface area contributed by atoms with Gasteiger partial charge in [0.2, 0.25) is 5.95 Å². The predicted octanol–water partition coefficient (Wildman–Crippen LogP) is 1.85. The minimum Gasteiger partial charge on any atom is -0.419 e. The number of hydrogen-bond acceptors (Lipinski definition) is 5. The third-order valence-electron chi connectivity index (χ3n) is 2.08. The molecular weight excluding hydrogens is 292 g/mol. The molecule has 0 amide bonds. The fourth-order valence-electron chi connectivity index (χ4n) is 1.21. The lowest BCUT2D eigenvalue weighted by atomic mass is 10.3. The Morgan fingerprint density at radius 2 is 1.65 bits per heavy atom. The number of para-hydroxylation sites is 1. The van der Waals surface area contributed by atoms with Crippen molar-refractivity contribution in [2.45, 2.75) is 5.44 Å². The van der Waals surface area contributed by atoms with E-state index in [1.54, 1.807) is 10.8 Å². The average molecular weight is 301 g/mol. The van der Waals surface area contributed by atoms with Gasteiger partial charge in [-0.3, -0.25) is 0 Å². The van der Waals surface area contributed by atoms with Crippen LogP contribution in [0.15, 0.2) is 48.8 Å². The number of halogens is 2. The maximum absolute atomic E-state index is 13.6. The summed E-state index contributed by atoms with van der Waals surface area (Å²) >= 11 is 0. The van der Waals surface area contributed by atoms with Gasteiger partial charge in [0.25, 0.3) is 0 Å². The number of nitrogens with one attached hydrogen (secondary N) is 1. The van der Waals surface area contributed by atoms with Gasteiger partial charge >= 0.3 is 15.5 Å². The zero-order valence-electron chi connectivity index (χ0n) is 9.90. The molecule has 20 heavy (non-hydrogen) atoms. The van der Waals surface area contributed by atoms with Crippen LogP contribution in [0.2, 0.25) is 0 Å². The summed E-state index contributed by atoms with van der Waals surface area (Å²) in [5.41, 5.74) is -4.46. The van der Waals surface area contributed by atoms with Crippen LogP contribution in [0.25, 0.3) is 0 Å². The number of benzene rings is 1. The quantitative estimate of drug-likeness (QED) is 0.911. The lowest BCUT2D eigenvalue weighted by molar-refractivity contribution is -0.0966. The molecule has 0 spiro atoms. The van der Waals surface area contributed by atoms with E-state index < -0.39 is 21.4 Å². The maximum Gasteiger partial charge on any atom is 0.527 e. The first-order valence-corrected chi connectivity index (χ1v) is 6.80. The summed E-state index contributed by atoms with van der Waals surface area (Å²) in [6.07, 6.45) is 2.42. The summed E-state index contributed by atoms with van der Waals surface area (Å²) in [7, 11) is -5.14. The van der Waals surface area contributed by atoms with Gasteiger partial charge in [0.1, 0.15) is 5.75 Å². The number of ether oxygens (including phenoxy) is 1. The molecule has 0 atom stereocenters. The molecule has 2 rings (SSSR count). The molecule has 1 aromatic heterocycles. The van der Waals surface area contributed by atoms with Gasteiger partial charge in [0.05, 0.1) is 0 Å². The van der Waals surface area contributed by atoms with Crippen LogP contribution in [0.5, 0.6) is 5.75 Å². The number of nitrogens with zero attached hydrogens (tertiary/aromatic N) is 2. The van der Waals surface area contributed by atoms with E-state index in [4.69, 9.17) is 0 Å². The highest BCUT2D eigenvalue weighted by molar-refractivity contribution is 7.93. The minimum atomic E-state index is -5.14. The van der Waals surface area contributed by atoms with Crippen LogP contribution in [0, 0.1) is 0 Å². The lowest BCUT2D eigenvalue weighted by Crippen LogP contribution is -2.40. The van der Waals surface area contributed by atoms with Gasteiger partial charge in [-0.05, 0) is 18.2 Å². The van der Waals surface area contributed by atoms with Crippen molar-refractivity contribution in [2.24, 2.45) is 0 Å². The van der Waals surface area contributed by atoms with Gasteiger partial charge in [-0.1, -0.05) is 18.2 Å². The van der Waals surface area contributed by atoms with Crippen molar-refractivity contribution in [3.63, 3.8) is 0 Å². The van der Waals surface area contributed by atoms with E-state index in [-0.39, 0.29) is 5.75 Å². The summed E-state index contributed by atoms with van der Waals surface area (Å²) in [5.74, 6) is -0.749. The van der Waals surface area contributed by atoms with Gasteiger partial charge in [0.15, 0.2) is 0 Å². The molecule has 0 aliphatic carbocycles. The summed E-state index contributed by atoms with van der Waals surface area (Å²) in [6, 6.07) is 8.29. The summed E-state index contributed by atoms with van der Waals surface area (Å²) < 4.78 is 56.2. The van der Waals surface area contributed by atoms with Gasteiger partial charge in [-0.2, -0.15) is 8.42 Å². The number of anilines is 1. The van der Waals surface area contributed by atoms with Crippen molar-refractivity contribution < 1.29 is 21.9 Å². The molecule has 0 saturated carbocycles. The predicted molar refractivity (Wildman–Crippen MR) is 66.6 cm³/mol. The fourth-order valence-corrected chi connectivity index (χ4v) is 1.88. The molecule has 1 heterocycles. The topological polar surface area (TPSA) is 81.2 Å². The summed E-state index contributed by atoms with van der Waals surface area (Å²) in [6.45, 7) is 0. The molecule has 0 radical (unpaired) electrons. The third-order valence-corrected chi connectivity index (χ3v) is 3.24. The molecule has 1 N–H and O–H groups in total. The summed E-state index contributed by atoms with van der Waals surface area (Å²) in [4.78, 5) is 6.99. The van der Waals surface area contributed by atoms with E-state index in [1.807, 2.05) is 0 Å². The van der Waals surface area contributed by atoms with E-state index in [0.717, 1.165) is 0 Å². The second-order valence-electron chi connectivity index (χ2n) is 3.56. The van der Waals surface area contributed by atoms with Crippen molar-refractivity contribution in [3.05, 3.63) is 48.8 Å². The molecule has 9 heteroatoms. The van der Waals surface area contributed by atoms with Crippen molar-refractivity contribution in [1.29, 1.82) is 0 Å². The zero-order valence-corrected chi connectivity index (χ0v) is 10.7. The van der Waals surface area contributed by atoms with E-state index in [2.05, 4.69) is 14.7 Å². The van der Waals surface area contributed by atoms with Crippen LogP contribution >= 0.6 is 0 Å². The molecule has 0 bridgehead atoms. The normalized spacial score (nSPS) is 11.9. The van der Waals surface area contributed by atoms with E-state index >= 15 is 0 Å². The average Bonchev–Trinajstić information content (AvgIpc) is 2.40. The Bertz CT molecular complexity index is 666. The van der Waals surface area contributed by atoms with Crippen LogP contribution in [0.1, 0.15) is 0 Å². The first kappa shape index (κ1) is 14.1. The van der Waals surface area contributed by atoms with Gasteiger partial charge in [-0.25, -0.2) is 14.7 Å². The standard InChI is InChI=1S/C11H9F2N3O3S/c12-11(13,19-9-5-2-1-3-6-9)20(17,18)16-10-14-7-4-8-15-10/h1-8H,(H,14,15,16). The largest absolute Gasteiger partial charge is 0.527 e. The third kappa shape index (κ3) is 3.18. The second kappa shape index (κ2) is 5.37. The minimum absolute atomic E-state index is 0.281. The molecule has 0 aliphatic rings. The van der Waals surface area contributed by atoms with Crippen LogP contribution in [-0.2, 0) is 10.0 Å². The Kier molecular flexibility index (Phi) is 3.79. The van der Waals surface area contributed by atoms with Crippen LogP contribution in [0.4, 0.5) is 14.7 Å². The fraction of sp³-hybridized carbons (Fsp3) is 0.0909. The molecule has 0 fully saturated rings.